The molecule has 0 saturated carbocycles. The molecule has 1 atom stereocenters. The number of nitrogens with zero attached hydrogens (tertiary/aromatic N) is 3. The first-order chi connectivity index (χ1) is 9.34. The van der Waals surface area contributed by atoms with Crippen LogP contribution in [0.25, 0.3) is 0 Å². The standard InChI is InChI=1S/C11H18N4O4S/c1-8-10(7-12-13-8)20(18,19)15-5-3-14(4-6-15)9(2)11(16)17/h7,9H,3-6H2,1-2H3,(H,12,13)(H,16,17). The zero-order valence-electron chi connectivity index (χ0n) is 11.4. The van der Waals surface area contributed by atoms with Crippen LogP contribution in [-0.2, 0) is 14.8 Å². The van der Waals surface area contributed by atoms with Crippen molar-refractivity contribution in [2.45, 2.75) is 24.8 Å². The molecule has 112 valence electrons. The van der Waals surface area contributed by atoms with Gasteiger partial charge in [0.25, 0.3) is 0 Å². The van der Waals surface area contributed by atoms with Crippen molar-refractivity contribution in [1.82, 2.24) is 19.4 Å². The second kappa shape index (κ2) is 5.51. The molecule has 1 aromatic heterocycles. The number of nitrogens with one attached hydrogen (secondary N) is 1. The van der Waals surface area contributed by atoms with Gasteiger partial charge in [-0.2, -0.15) is 9.40 Å². The van der Waals surface area contributed by atoms with Crippen molar-refractivity contribution in [3.8, 4) is 0 Å². The number of carbonyl (C=O) groups is 1. The molecule has 2 rings (SSSR count). The van der Waals surface area contributed by atoms with Gasteiger partial charge in [-0.1, -0.05) is 0 Å². The highest BCUT2D eigenvalue weighted by molar-refractivity contribution is 7.89. The number of aliphatic carboxylic acids is 1. The van der Waals surface area contributed by atoms with E-state index in [0.29, 0.717) is 18.8 Å². The van der Waals surface area contributed by atoms with Gasteiger partial charge in [0.1, 0.15) is 10.9 Å². The molecule has 0 spiro atoms. The Balaban J connectivity index is 2.08. The Labute approximate surface area is 117 Å². The molecule has 0 radical (unpaired) electrons. The van der Waals surface area contributed by atoms with Gasteiger partial charge in [-0.25, -0.2) is 8.42 Å². The summed E-state index contributed by atoms with van der Waals surface area (Å²) in [7, 11) is -3.55. The van der Waals surface area contributed by atoms with Crippen LogP contribution in [0, 0.1) is 6.92 Å². The van der Waals surface area contributed by atoms with Crippen molar-refractivity contribution in [2.24, 2.45) is 0 Å². The Morgan fingerprint density at radius 1 is 1.40 bits per heavy atom. The van der Waals surface area contributed by atoms with E-state index < -0.39 is 22.0 Å². The largest absolute Gasteiger partial charge is 0.480 e. The fourth-order valence-corrected chi connectivity index (χ4v) is 3.77. The van der Waals surface area contributed by atoms with Crippen LogP contribution in [0.15, 0.2) is 11.1 Å². The van der Waals surface area contributed by atoms with E-state index in [9.17, 15) is 13.2 Å². The third-order valence-corrected chi connectivity index (χ3v) is 5.59. The number of hydrogen-bond donors (Lipinski definition) is 2. The third-order valence-electron chi connectivity index (χ3n) is 3.58. The lowest BCUT2D eigenvalue weighted by molar-refractivity contribution is -0.143. The molecule has 0 bridgehead atoms. The van der Waals surface area contributed by atoms with E-state index in [4.69, 9.17) is 5.11 Å². The minimum Gasteiger partial charge on any atom is -0.480 e. The Bertz CT molecular complexity index is 589. The van der Waals surface area contributed by atoms with Gasteiger partial charge < -0.3 is 5.11 Å². The summed E-state index contributed by atoms with van der Waals surface area (Å²) >= 11 is 0. The number of piperazine rings is 1. The number of sulfonamides is 1. The normalized spacial score (nSPS) is 19.9. The van der Waals surface area contributed by atoms with E-state index >= 15 is 0 Å². The molecule has 0 amide bonds. The van der Waals surface area contributed by atoms with Gasteiger partial charge in [-0.05, 0) is 13.8 Å². The summed E-state index contributed by atoms with van der Waals surface area (Å²) < 4.78 is 26.2. The lowest BCUT2D eigenvalue weighted by atomic mass is 10.2. The minimum atomic E-state index is -3.55. The van der Waals surface area contributed by atoms with Gasteiger partial charge in [0, 0.05) is 26.2 Å². The molecule has 2 N–H and O–H groups in total. The van der Waals surface area contributed by atoms with E-state index in [2.05, 4.69) is 10.2 Å². The van der Waals surface area contributed by atoms with Gasteiger partial charge >= 0.3 is 5.97 Å². The predicted molar refractivity (Wildman–Crippen MR) is 70.8 cm³/mol. The Morgan fingerprint density at radius 3 is 2.45 bits per heavy atom. The maximum atomic E-state index is 12.4. The second-order valence-corrected chi connectivity index (χ2v) is 6.72. The molecular formula is C11H18N4O4S. The quantitative estimate of drug-likeness (QED) is 0.776. The maximum absolute atomic E-state index is 12.4. The Hall–Kier alpha value is -1.45. The summed E-state index contributed by atoms with van der Waals surface area (Å²) in [4.78, 5) is 12.9. The molecule has 2 heterocycles. The fraction of sp³-hybridized carbons (Fsp3) is 0.636. The zero-order valence-corrected chi connectivity index (χ0v) is 12.2. The summed E-state index contributed by atoms with van der Waals surface area (Å²) in [6, 6.07) is -0.601. The SMILES string of the molecule is Cc1[nH]ncc1S(=O)(=O)N1CCN(C(C)C(=O)O)CC1. The van der Waals surface area contributed by atoms with Gasteiger partial charge in [0.05, 0.1) is 11.9 Å². The first kappa shape index (κ1) is 14.9. The zero-order chi connectivity index (χ0) is 14.9. The lowest BCUT2D eigenvalue weighted by Gasteiger charge is -2.35. The van der Waals surface area contributed by atoms with Crippen molar-refractivity contribution in [3.63, 3.8) is 0 Å². The molecule has 1 aliphatic rings. The van der Waals surface area contributed by atoms with Crippen LogP contribution in [0.1, 0.15) is 12.6 Å². The van der Waals surface area contributed by atoms with Crippen LogP contribution < -0.4 is 0 Å². The van der Waals surface area contributed by atoms with Crippen molar-refractivity contribution in [2.75, 3.05) is 26.2 Å². The van der Waals surface area contributed by atoms with Crippen LogP contribution in [0.5, 0.6) is 0 Å². The van der Waals surface area contributed by atoms with Crippen LogP contribution >= 0.6 is 0 Å². The van der Waals surface area contributed by atoms with Crippen molar-refractivity contribution < 1.29 is 18.3 Å². The van der Waals surface area contributed by atoms with Gasteiger partial charge in [0.2, 0.25) is 10.0 Å². The molecule has 8 nitrogen and oxygen atoms in total. The summed E-state index contributed by atoms with van der Waals surface area (Å²) in [5.41, 5.74) is 0.506. The van der Waals surface area contributed by atoms with Crippen LogP contribution in [0.4, 0.5) is 0 Å². The van der Waals surface area contributed by atoms with Crippen LogP contribution in [0.2, 0.25) is 0 Å². The van der Waals surface area contributed by atoms with Gasteiger partial charge in [0.15, 0.2) is 0 Å². The van der Waals surface area contributed by atoms with E-state index in [1.54, 1.807) is 18.7 Å². The molecular weight excluding hydrogens is 284 g/mol. The smallest absolute Gasteiger partial charge is 0.320 e. The first-order valence-electron chi connectivity index (χ1n) is 6.31. The topological polar surface area (TPSA) is 107 Å². The molecule has 0 aromatic carbocycles. The van der Waals surface area contributed by atoms with Gasteiger partial charge in [-0.15, -0.1) is 0 Å². The van der Waals surface area contributed by atoms with Crippen molar-refractivity contribution in [1.29, 1.82) is 0 Å². The summed E-state index contributed by atoms with van der Waals surface area (Å²) in [5.74, 6) is -0.896. The molecule has 1 fully saturated rings. The fourth-order valence-electron chi connectivity index (χ4n) is 2.23. The summed E-state index contributed by atoms with van der Waals surface area (Å²) in [6.45, 7) is 4.64. The van der Waals surface area contributed by atoms with E-state index in [1.807, 2.05) is 0 Å². The number of aromatic amines is 1. The Kier molecular flexibility index (Phi) is 4.11. The molecule has 20 heavy (non-hydrogen) atoms. The number of aryl methyl sites for hydroxylation is 1. The first-order valence-corrected chi connectivity index (χ1v) is 7.75. The van der Waals surface area contributed by atoms with E-state index in [1.165, 1.54) is 10.5 Å². The Morgan fingerprint density at radius 2 is 2.00 bits per heavy atom. The summed E-state index contributed by atoms with van der Waals surface area (Å²) in [6.07, 6.45) is 1.30. The molecule has 1 aromatic rings. The monoisotopic (exact) mass is 302 g/mol. The highest BCUT2D eigenvalue weighted by atomic mass is 32.2. The lowest BCUT2D eigenvalue weighted by Crippen LogP contribution is -2.53. The highest BCUT2D eigenvalue weighted by Gasteiger charge is 2.32. The van der Waals surface area contributed by atoms with Gasteiger partial charge in [-0.3, -0.25) is 14.8 Å². The average Bonchev–Trinajstić information content (AvgIpc) is 2.85. The molecule has 0 aliphatic carbocycles. The molecule has 1 unspecified atom stereocenters. The second-order valence-electron chi connectivity index (χ2n) is 4.81. The average molecular weight is 302 g/mol. The third kappa shape index (κ3) is 2.69. The maximum Gasteiger partial charge on any atom is 0.320 e. The van der Waals surface area contributed by atoms with Crippen LogP contribution in [0.3, 0.4) is 0 Å². The molecule has 1 saturated heterocycles. The van der Waals surface area contributed by atoms with E-state index in [-0.39, 0.29) is 18.0 Å². The number of hydrogen-bond acceptors (Lipinski definition) is 5. The predicted octanol–water partition coefficient (Wildman–Crippen LogP) is -0.502. The number of carboxylic acid groups (broad SMARTS) is 1. The van der Waals surface area contributed by atoms with E-state index in [0.717, 1.165) is 0 Å². The van der Waals surface area contributed by atoms with Crippen LogP contribution in [-0.4, -0.2) is 71.1 Å². The molecule has 1 aliphatic heterocycles. The summed E-state index contributed by atoms with van der Waals surface area (Å²) in [5, 5.41) is 15.3. The molecule has 9 heteroatoms. The van der Waals surface area contributed by atoms with Crippen molar-refractivity contribution in [3.05, 3.63) is 11.9 Å². The number of aromatic nitrogens is 2. The minimum absolute atomic E-state index is 0.178. The number of H-pyrrole nitrogens is 1. The highest BCUT2D eigenvalue weighted by Crippen LogP contribution is 2.19. The number of carboxylic acids is 1. The van der Waals surface area contributed by atoms with Crippen molar-refractivity contribution >= 4 is 16.0 Å². The number of rotatable bonds is 4.